The third-order valence-electron chi connectivity index (χ3n) is 3.90. The largest absolute Gasteiger partial charge is 0.353 e. The van der Waals surface area contributed by atoms with E-state index in [0.717, 1.165) is 32.7 Å². The van der Waals surface area contributed by atoms with E-state index in [0.29, 0.717) is 12.0 Å². The molecule has 0 bridgehead atoms. The molecule has 3 unspecified atom stereocenters. The molecule has 0 aromatic carbocycles. The Labute approximate surface area is 104 Å². The zero-order chi connectivity index (χ0) is 12.1. The van der Waals surface area contributed by atoms with Crippen LogP contribution in [-0.4, -0.2) is 50.1 Å². The minimum Gasteiger partial charge on any atom is -0.353 e. The van der Waals surface area contributed by atoms with E-state index in [1.807, 2.05) is 0 Å². The summed E-state index contributed by atoms with van der Waals surface area (Å²) in [5.41, 5.74) is 5.93. The molecule has 100 valence electrons. The van der Waals surface area contributed by atoms with Crippen LogP contribution in [0.1, 0.15) is 32.6 Å². The van der Waals surface area contributed by atoms with Crippen LogP contribution >= 0.6 is 0 Å². The lowest BCUT2D eigenvalue weighted by Gasteiger charge is -2.24. The predicted octanol–water partition coefficient (Wildman–Crippen LogP) is 1.20. The lowest BCUT2D eigenvalue weighted by molar-refractivity contribution is -0.163. The average Bonchev–Trinajstić information content (AvgIpc) is 2.79. The van der Waals surface area contributed by atoms with E-state index in [4.69, 9.17) is 15.2 Å². The third kappa shape index (κ3) is 4.21. The first-order chi connectivity index (χ1) is 8.25. The summed E-state index contributed by atoms with van der Waals surface area (Å²) >= 11 is 0. The lowest BCUT2D eigenvalue weighted by atomic mass is 10.0. The molecule has 2 aliphatic heterocycles. The summed E-state index contributed by atoms with van der Waals surface area (Å²) in [6, 6.07) is 0.322. The quantitative estimate of drug-likeness (QED) is 0.787. The fourth-order valence-electron chi connectivity index (χ4n) is 2.65. The molecule has 2 fully saturated rings. The minimum atomic E-state index is 0.0515. The van der Waals surface area contributed by atoms with Crippen LogP contribution in [0.2, 0.25) is 0 Å². The standard InChI is InChI=1S/C13H26N2O2/c1-11(14)12-5-6-15(10-12)7-9-17-13-4-2-3-8-16-13/h11-13H,2-10,14H2,1H3. The van der Waals surface area contributed by atoms with E-state index in [9.17, 15) is 0 Å². The molecule has 0 amide bonds. The maximum absolute atomic E-state index is 5.93. The summed E-state index contributed by atoms with van der Waals surface area (Å²) in [7, 11) is 0. The second kappa shape index (κ2) is 6.69. The van der Waals surface area contributed by atoms with Crippen molar-refractivity contribution in [1.82, 2.24) is 4.90 Å². The number of hydrogen-bond acceptors (Lipinski definition) is 4. The molecular formula is C13H26N2O2. The fourth-order valence-corrected chi connectivity index (χ4v) is 2.65. The molecule has 2 N–H and O–H groups in total. The number of likely N-dealkylation sites (tertiary alicyclic amines) is 1. The van der Waals surface area contributed by atoms with E-state index in [2.05, 4.69) is 11.8 Å². The van der Waals surface area contributed by atoms with E-state index in [1.54, 1.807) is 0 Å². The van der Waals surface area contributed by atoms with Gasteiger partial charge in [0.1, 0.15) is 0 Å². The number of nitrogens with zero attached hydrogens (tertiary/aromatic N) is 1. The molecule has 0 saturated carbocycles. The van der Waals surface area contributed by atoms with Gasteiger partial charge in [0, 0.05) is 25.7 Å². The monoisotopic (exact) mass is 242 g/mol. The van der Waals surface area contributed by atoms with Crippen molar-refractivity contribution < 1.29 is 9.47 Å². The van der Waals surface area contributed by atoms with E-state index >= 15 is 0 Å². The first-order valence-corrected chi connectivity index (χ1v) is 6.97. The van der Waals surface area contributed by atoms with Gasteiger partial charge in [-0.15, -0.1) is 0 Å². The van der Waals surface area contributed by atoms with Gasteiger partial charge in [0.05, 0.1) is 6.61 Å². The zero-order valence-corrected chi connectivity index (χ0v) is 10.9. The van der Waals surface area contributed by atoms with E-state index in [1.165, 1.54) is 25.8 Å². The summed E-state index contributed by atoms with van der Waals surface area (Å²) in [6.45, 7) is 7.08. The average molecular weight is 242 g/mol. The smallest absolute Gasteiger partial charge is 0.157 e. The Balaban J connectivity index is 1.56. The molecule has 3 atom stereocenters. The Morgan fingerprint density at radius 3 is 2.94 bits per heavy atom. The Morgan fingerprint density at radius 1 is 1.41 bits per heavy atom. The highest BCUT2D eigenvalue weighted by Crippen LogP contribution is 2.18. The predicted molar refractivity (Wildman–Crippen MR) is 67.7 cm³/mol. The molecule has 4 nitrogen and oxygen atoms in total. The number of nitrogens with two attached hydrogens (primary N) is 1. The Bertz CT molecular complexity index is 217. The van der Waals surface area contributed by atoms with Gasteiger partial charge < -0.3 is 20.1 Å². The van der Waals surface area contributed by atoms with Gasteiger partial charge in [0.25, 0.3) is 0 Å². The molecule has 0 radical (unpaired) electrons. The van der Waals surface area contributed by atoms with Gasteiger partial charge in [-0.25, -0.2) is 0 Å². The molecular weight excluding hydrogens is 216 g/mol. The summed E-state index contributed by atoms with van der Waals surface area (Å²) in [6.07, 6.45) is 4.76. The highest BCUT2D eigenvalue weighted by molar-refractivity contribution is 4.80. The highest BCUT2D eigenvalue weighted by atomic mass is 16.7. The van der Waals surface area contributed by atoms with Crippen LogP contribution in [0, 0.1) is 5.92 Å². The number of ether oxygens (including phenoxy) is 2. The van der Waals surface area contributed by atoms with Crippen LogP contribution in [0.3, 0.4) is 0 Å². The summed E-state index contributed by atoms with van der Waals surface area (Å²) in [5.74, 6) is 0.668. The molecule has 0 aromatic heterocycles. The van der Waals surface area contributed by atoms with Crippen molar-refractivity contribution in [1.29, 1.82) is 0 Å². The Hall–Kier alpha value is -0.160. The second-order valence-electron chi connectivity index (χ2n) is 5.38. The van der Waals surface area contributed by atoms with Crippen LogP contribution in [0.25, 0.3) is 0 Å². The van der Waals surface area contributed by atoms with Crippen molar-refractivity contribution in [2.24, 2.45) is 11.7 Å². The van der Waals surface area contributed by atoms with Gasteiger partial charge in [0.15, 0.2) is 6.29 Å². The van der Waals surface area contributed by atoms with Gasteiger partial charge >= 0.3 is 0 Å². The summed E-state index contributed by atoms with van der Waals surface area (Å²) < 4.78 is 11.3. The molecule has 2 aliphatic rings. The molecule has 4 heteroatoms. The van der Waals surface area contributed by atoms with E-state index < -0.39 is 0 Å². The molecule has 0 aromatic rings. The van der Waals surface area contributed by atoms with Gasteiger partial charge in [-0.3, -0.25) is 0 Å². The first kappa shape index (κ1) is 13.3. The van der Waals surface area contributed by atoms with Gasteiger partial charge in [-0.05, 0) is 45.1 Å². The maximum atomic E-state index is 5.93. The van der Waals surface area contributed by atoms with Crippen molar-refractivity contribution in [2.75, 3.05) is 32.8 Å². The van der Waals surface area contributed by atoms with Crippen molar-refractivity contribution in [2.45, 2.75) is 44.9 Å². The van der Waals surface area contributed by atoms with Gasteiger partial charge in [-0.1, -0.05) is 0 Å². The number of hydrogen-bond donors (Lipinski definition) is 1. The Morgan fingerprint density at radius 2 is 2.29 bits per heavy atom. The van der Waals surface area contributed by atoms with Crippen LogP contribution in [-0.2, 0) is 9.47 Å². The topological polar surface area (TPSA) is 47.7 Å². The maximum Gasteiger partial charge on any atom is 0.157 e. The molecule has 0 aliphatic carbocycles. The normalized spacial score (nSPS) is 32.8. The molecule has 2 saturated heterocycles. The van der Waals surface area contributed by atoms with Crippen LogP contribution in [0.5, 0.6) is 0 Å². The summed E-state index contributed by atoms with van der Waals surface area (Å²) in [5, 5.41) is 0. The fraction of sp³-hybridized carbons (Fsp3) is 1.00. The molecule has 17 heavy (non-hydrogen) atoms. The van der Waals surface area contributed by atoms with Crippen molar-refractivity contribution in [3.8, 4) is 0 Å². The highest BCUT2D eigenvalue weighted by Gasteiger charge is 2.25. The van der Waals surface area contributed by atoms with Crippen molar-refractivity contribution in [3.63, 3.8) is 0 Å². The first-order valence-electron chi connectivity index (χ1n) is 6.97. The zero-order valence-electron chi connectivity index (χ0n) is 10.9. The SMILES string of the molecule is CC(N)C1CCN(CCOC2CCCCO2)C1. The Kier molecular flexibility index (Phi) is 5.22. The minimum absolute atomic E-state index is 0.0515. The van der Waals surface area contributed by atoms with Crippen LogP contribution < -0.4 is 5.73 Å². The second-order valence-corrected chi connectivity index (χ2v) is 5.38. The molecule has 2 heterocycles. The van der Waals surface area contributed by atoms with Gasteiger partial charge in [0.2, 0.25) is 0 Å². The van der Waals surface area contributed by atoms with E-state index in [-0.39, 0.29) is 6.29 Å². The summed E-state index contributed by atoms with van der Waals surface area (Å²) in [4.78, 5) is 2.46. The molecule has 0 spiro atoms. The van der Waals surface area contributed by atoms with Crippen LogP contribution in [0.15, 0.2) is 0 Å². The van der Waals surface area contributed by atoms with Crippen molar-refractivity contribution >= 4 is 0 Å². The van der Waals surface area contributed by atoms with Gasteiger partial charge in [-0.2, -0.15) is 0 Å². The molecule has 2 rings (SSSR count). The van der Waals surface area contributed by atoms with Crippen LogP contribution in [0.4, 0.5) is 0 Å². The number of rotatable bonds is 5. The lowest BCUT2D eigenvalue weighted by Crippen LogP contribution is -2.32. The third-order valence-corrected chi connectivity index (χ3v) is 3.90. The van der Waals surface area contributed by atoms with Crippen molar-refractivity contribution in [3.05, 3.63) is 0 Å².